The van der Waals surface area contributed by atoms with E-state index in [1.54, 1.807) is 18.3 Å². The van der Waals surface area contributed by atoms with Gasteiger partial charge in [0, 0.05) is 0 Å². The summed E-state index contributed by atoms with van der Waals surface area (Å²) in [5.74, 6) is 0. The molecule has 0 atom stereocenters. The van der Waals surface area contributed by atoms with Crippen molar-refractivity contribution < 1.29 is 54.8 Å². The third-order valence-electron chi connectivity index (χ3n) is 0.379. The molecule has 0 aliphatic rings. The molecule has 0 N–H and O–H groups in total. The van der Waals surface area contributed by atoms with Gasteiger partial charge in [-0.05, 0) is 0 Å². The van der Waals surface area contributed by atoms with Crippen molar-refractivity contribution in [1.82, 2.24) is 0 Å². The van der Waals surface area contributed by atoms with Crippen LogP contribution in [0.5, 0.6) is 0 Å². The molecule has 13 heavy (non-hydrogen) atoms. The van der Waals surface area contributed by atoms with Crippen molar-refractivity contribution >= 4 is 11.3 Å². The van der Waals surface area contributed by atoms with Gasteiger partial charge in [0.1, 0.15) is 0 Å². The van der Waals surface area contributed by atoms with Gasteiger partial charge in [-0.2, -0.15) is 18.4 Å². The topological polar surface area (TPSA) is 23.8 Å². The molecule has 1 heterocycles. The van der Waals surface area contributed by atoms with Crippen LogP contribution < -0.4 is 37.7 Å². The summed E-state index contributed by atoms with van der Waals surface area (Å²) >= 11 is 1.59. The molecule has 5 heteroatoms. The Labute approximate surface area is 119 Å². The van der Waals surface area contributed by atoms with E-state index < -0.39 is 0 Å². The molecule has 0 saturated heterocycles. The third-order valence-corrected chi connectivity index (χ3v) is 0.944. The molecule has 1 nitrogen and oxygen atoms in total. The van der Waals surface area contributed by atoms with Crippen LogP contribution in [0.15, 0.2) is 24.1 Å². The average Bonchev–Trinajstić information content (AvgIpc) is 2.48. The van der Waals surface area contributed by atoms with Crippen LogP contribution in [0.2, 0.25) is 0 Å². The Morgan fingerprint density at radius 3 is 1.92 bits per heavy atom. The smallest absolute Gasteiger partial charge is 0.512 e. The van der Waals surface area contributed by atoms with Gasteiger partial charge >= 0.3 is 54.8 Å². The van der Waals surface area contributed by atoms with Gasteiger partial charge < -0.3 is 29.2 Å². The van der Waals surface area contributed by atoms with Crippen LogP contribution in [0, 0.1) is 23.3 Å². The zero-order valence-corrected chi connectivity index (χ0v) is 9.85. The average molecular weight is 228 g/mol. The van der Waals surface area contributed by atoms with Crippen LogP contribution in [0.3, 0.4) is 0 Å². The molecule has 0 fully saturated rings. The van der Waals surface area contributed by atoms with Gasteiger partial charge in [-0.3, -0.25) is 6.58 Å². The minimum Gasteiger partial charge on any atom is -0.512 e. The van der Waals surface area contributed by atoms with Crippen molar-refractivity contribution in [3.05, 3.63) is 42.1 Å². The first kappa shape index (κ1) is 29.2. The first-order chi connectivity index (χ1) is 4.91. The normalized spacial score (nSPS) is 4.23. The summed E-state index contributed by atoms with van der Waals surface area (Å²) < 4.78 is 0. The van der Waals surface area contributed by atoms with Gasteiger partial charge in [0.15, 0.2) is 0 Å². The summed E-state index contributed by atoms with van der Waals surface area (Å²) in [6.45, 7) is 9.75. The van der Waals surface area contributed by atoms with Crippen LogP contribution in [0.1, 0.15) is 6.92 Å². The quantitative estimate of drug-likeness (QED) is 0.336. The molecule has 1 aromatic rings. The first-order valence-corrected chi connectivity index (χ1v) is 3.35. The fourth-order valence-corrected chi connectivity index (χ4v) is 0.589. The zero-order chi connectivity index (χ0) is 8.24. The molecule has 0 aliphatic carbocycles. The summed E-state index contributed by atoms with van der Waals surface area (Å²) in [6.07, 6.45) is 2.50. The van der Waals surface area contributed by atoms with Gasteiger partial charge in [0.25, 0.3) is 0 Å². The van der Waals surface area contributed by atoms with Gasteiger partial charge in [-0.25, -0.2) is 6.07 Å². The number of hydrogen-bond donors (Lipinski definition) is 0. The van der Waals surface area contributed by atoms with Crippen molar-refractivity contribution in [3.63, 3.8) is 0 Å². The predicted molar refractivity (Wildman–Crippen MR) is 42.7 cm³/mol. The van der Waals surface area contributed by atoms with E-state index in [2.05, 4.69) is 18.0 Å². The van der Waals surface area contributed by atoms with Gasteiger partial charge in [0.05, 0.1) is 0 Å². The molecule has 0 radical (unpaired) electrons. The summed E-state index contributed by atoms with van der Waals surface area (Å²) in [4.78, 5) is 0. The van der Waals surface area contributed by atoms with Crippen LogP contribution >= 0.6 is 11.3 Å². The van der Waals surface area contributed by atoms with E-state index in [-0.39, 0.29) is 54.8 Å². The van der Waals surface area contributed by atoms with E-state index in [1.165, 1.54) is 0 Å². The Hall–Kier alpha value is 0.644. The van der Waals surface area contributed by atoms with Crippen LogP contribution in [-0.2, 0) is 17.1 Å². The van der Waals surface area contributed by atoms with Crippen molar-refractivity contribution in [2.24, 2.45) is 0 Å². The second kappa shape index (κ2) is 38.8. The van der Waals surface area contributed by atoms with E-state index in [1.807, 2.05) is 17.5 Å². The number of nitrogens with zero attached hydrogens (tertiary/aromatic N) is 1. The summed E-state index contributed by atoms with van der Waals surface area (Å²) in [5, 5.41) is 11.1. The first-order valence-electron chi connectivity index (χ1n) is 2.47. The third kappa shape index (κ3) is 45.0. The van der Waals surface area contributed by atoms with E-state index >= 15 is 0 Å². The molecule has 64 valence electrons. The summed E-state index contributed by atoms with van der Waals surface area (Å²) in [7, 11) is 0. The maximum absolute atomic E-state index is 6.25. The molecule has 0 aliphatic heterocycles. The molecule has 1 aromatic heterocycles. The Morgan fingerprint density at radius 1 is 1.46 bits per heavy atom. The molecule has 0 amide bonds. The van der Waals surface area contributed by atoms with Crippen LogP contribution in [-0.4, -0.2) is 0 Å². The predicted octanol–water partition coefficient (Wildman–Crippen LogP) is -3.35. The monoisotopic (exact) mass is 227 g/mol. The van der Waals surface area contributed by atoms with Crippen LogP contribution in [0.25, 0.3) is 0 Å². The maximum Gasteiger partial charge on any atom is 1.00 e. The summed E-state index contributed by atoms with van der Waals surface area (Å²) in [6, 6.07) is 3.86. The number of allylic oxidation sites excluding steroid dienone is 1. The Morgan fingerprint density at radius 2 is 1.85 bits per heavy atom. The Bertz CT molecular complexity index is 137. The van der Waals surface area contributed by atoms with Crippen molar-refractivity contribution in [1.29, 1.82) is 5.26 Å². The second-order valence-corrected chi connectivity index (χ2v) is 1.83. The Balaban J connectivity index is -0.0000000244. The number of thiophene rings is 1. The molecular weight excluding hydrogens is 220 g/mol. The van der Waals surface area contributed by atoms with Crippen molar-refractivity contribution in [2.75, 3.05) is 0 Å². The standard InChI is InChI=1S/C4H3S.C3H5.CN.Cu.2Li/c1-2-4-5-3-1;1-3-2;1-2;;;/h1-3H;1H2,2H3;;;;/q3*-1;3*+1. The molecule has 0 spiro atoms. The fourth-order valence-electron chi connectivity index (χ4n) is 0.196. The van der Waals surface area contributed by atoms with E-state index in [9.17, 15) is 0 Å². The second-order valence-electron chi connectivity index (χ2n) is 1.08. The van der Waals surface area contributed by atoms with E-state index in [4.69, 9.17) is 11.8 Å². The Kier molecular flexibility index (Phi) is 87.2. The van der Waals surface area contributed by atoms with Gasteiger partial charge in [0.2, 0.25) is 0 Å². The fraction of sp³-hybridized carbons (Fsp3) is 0.125. The van der Waals surface area contributed by atoms with Gasteiger partial charge in [-0.15, -0.1) is 5.38 Å². The SMILES string of the molecule is C=[C-]C.[C-]#N.[Cu+].[Li+].[Li+].[c-]1cccs1. The van der Waals surface area contributed by atoms with Crippen LogP contribution in [0.4, 0.5) is 0 Å². The number of hydrogen-bond acceptors (Lipinski definition) is 2. The molecule has 0 unspecified atom stereocenters. The minimum atomic E-state index is 0. The zero-order valence-electron chi connectivity index (χ0n) is 8.10. The van der Waals surface area contributed by atoms with E-state index in [0.29, 0.717) is 0 Å². The van der Waals surface area contributed by atoms with Crippen molar-refractivity contribution in [3.8, 4) is 0 Å². The molecule has 0 bridgehead atoms. The number of rotatable bonds is 0. The largest absolute Gasteiger partial charge is 1.00 e. The minimum absolute atomic E-state index is 0. The van der Waals surface area contributed by atoms with Gasteiger partial charge in [-0.1, -0.05) is 0 Å². The summed E-state index contributed by atoms with van der Waals surface area (Å²) in [5.41, 5.74) is 0. The molecular formula is C8H8CuLi2NS. The molecule has 0 aromatic carbocycles. The maximum atomic E-state index is 6.25. The molecule has 0 saturated carbocycles. The van der Waals surface area contributed by atoms with Crippen molar-refractivity contribution in [2.45, 2.75) is 6.92 Å². The molecule has 1 rings (SSSR count). The van der Waals surface area contributed by atoms with E-state index in [0.717, 1.165) is 0 Å².